The van der Waals surface area contributed by atoms with Gasteiger partial charge in [-0.1, -0.05) is 29.8 Å². The normalized spacial score (nSPS) is 25.7. The van der Waals surface area contributed by atoms with Crippen LogP contribution in [-0.2, 0) is 20.9 Å². The van der Waals surface area contributed by atoms with E-state index >= 15 is 0 Å². The van der Waals surface area contributed by atoms with Crippen LogP contribution in [0.2, 0.25) is 0 Å². The van der Waals surface area contributed by atoms with Crippen LogP contribution in [0.1, 0.15) is 49.7 Å². The molecular weight excluding hydrogens is 328 g/mol. The summed E-state index contributed by atoms with van der Waals surface area (Å²) in [5.41, 5.74) is 2.33. The SMILES string of the molecule is Cc1cccc(CNC(=O)C2CCC(C(=O)NCC3CCCO3)CC2)c1. The Bertz CT molecular complexity index is 617. The van der Waals surface area contributed by atoms with Crippen molar-refractivity contribution >= 4 is 11.8 Å². The number of hydrogen-bond donors (Lipinski definition) is 2. The minimum absolute atomic E-state index is 0.0297. The smallest absolute Gasteiger partial charge is 0.223 e. The van der Waals surface area contributed by atoms with Crippen LogP contribution in [0.4, 0.5) is 0 Å². The van der Waals surface area contributed by atoms with E-state index in [0.717, 1.165) is 50.7 Å². The van der Waals surface area contributed by atoms with Gasteiger partial charge >= 0.3 is 0 Å². The molecule has 5 heteroatoms. The molecule has 1 saturated heterocycles. The lowest BCUT2D eigenvalue weighted by atomic mass is 9.81. The molecule has 2 N–H and O–H groups in total. The summed E-state index contributed by atoms with van der Waals surface area (Å²) in [5, 5.41) is 6.07. The van der Waals surface area contributed by atoms with Crippen LogP contribution in [-0.4, -0.2) is 31.1 Å². The number of nitrogens with one attached hydrogen (secondary N) is 2. The van der Waals surface area contributed by atoms with Crippen LogP contribution >= 0.6 is 0 Å². The molecule has 1 atom stereocenters. The molecule has 1 unspecified atom stereocenters. The van der Waals surface area contributed by atoms with E-state index in [1.807, 2.05) is 12.1 Å². The molecule has 0 spiro atoms. The second kappa shape index (κ2) is 9.17. The fourth-order valence-corrected chi connectivity index (χ4v) is 3.94. The first-order valence-electron chi connectivity index (χ1n) is 9.84. The summed E-state index contributed by atoms with van der Waals surface area (Å²) < 4.78 is 5.54. The third-order valence-electron chi connectivity index (χ3n) is 5.55. The van der Waals surface area contributed by atoms with Gasteiger partial charge in [0, 0.05) is 31.5 Å². The summed E-state index contributed by atoms with van der Waals surface area (Å²) in [7, 11) is 0. The summed E-state index contributed by atoms with van der Waals surface area (Å²) in [6.45, 7) is 4.05. The van der Waals surface area contributed by atoms with Gasteiger partial charge in [0.15, 0.2) is 0 Å². The summed E-state index contributed by atoms with van der Waals surface area (Å²) in [6, 6.07) is 8.19. The van der Waals surface area contributed by atoms with Gasteiger partial charge in [0.25, 0.3) is 0 Å². The highest BCUT2D eigenvalue weighted by Gasteiger charge is 2.30. The summed E-state index contributed by atoms with van der Waals surface area (Å²) >= 11 is 0. The molecule has 0 aromatic heterocycles. The Labute approximate surface area is 155 Å². The number of rotatable bonds is 6. The van der Waals surface area contributed by atoms with Crippen molar-refractivity contribution in [1.82, 2.24) is 10.6 Å². The molecule has 2 aliphatic rings. The van der Waals surface area contributed by atoms with E-state index in [1.165, 1.54) is 5.56 Å². The number of carbonyl (C=O) groups is 2. The van der Waals surface area contributed by atoms with Crippen molar-refractivity contribution in [3.8, 4) is 0 Å². The molecule has 1 aromatic rings. The number of hydrogen-bond acceptors (Lipinski definition) is 3. The maximum atomic E-state index is 12.4. The van der Waals surface area contributed by atoms with E-state index in [9.17, 15) is 9.59 Å². The zero-order valence-corrected chi connectivity index (χ0v) is 15.6. The average Bonchev–Trinajstić information content (AvgIpc) is 3.18. The molecule has 142 valence electrons. The van der Waals surface area contributed by atoms with Crippen molar-refractivity contribution < 1.29 is 14.3 Å². The maximum Gasteiger partial charge on any atom is 0.223 e. The van der Waals surface area contributed by atoms with Gasteiger partial charge in [-0.15, -0.1) is 0 Å². The van der Waals surface area contributed by atoms with Gasteiger partial charge in [-0.3, -0.25) is 9.59 Å². The molecule has 0 radical (unpaired) electrons. The monoisotopic (exact) mass is 358 g/mol. The third-order valence-corrected chi connectivity index (χ3v) is 5.55. The van der Waals surface area contributed by atoms with Crippen LogP contribution in [0, 0.1) is 18.8 Å². The number of benzene rings is 1. The largest absolute Gasteiger partial charge is 0.376 e. The van der Waals surface area contributed by atoms with Crippen LogP contribution in [0.25, 0.3) is 0 Å². The fraction of sp³-hybridized carbons (Fsp3) is 0.619. The quantitative estimate of drug-likeness (QED) is 0.822. The first-order chi connectivity index (χ1) is 12.6. The number of carbonyl (C=O) groups excluding carboxylic acids is 2. The van der Waals surface area contributed by atoms with Gasteiger partial charge < -0.3 is 15.4 Å². The first-order valence-corrected chi connectivity index (χ1v) is 9.84. The van der Waals surface area contributed by atoms with E-state index in [4.69, 9.17) is 4.74 Å². The van der Waals surface area contributed by atoms with E-state index < -0.39 is 0 Å². The molecule has 1 aliphatic heterocycles. The Morgan fingerprint density at radius 2 is 1.73 bits per heavy atom. The molecule has 3 rings (SSSR count). The molecule has 0 bridgehead atoms. The van der Waals surface area contributed by atoms with Crippen LogP contribution in [0.15, 0.2) is 24.3 Å². The van der Waals surface area contributed by atoms with Gasteiger partial charge in [-0.2, -0.15) is 0 Å². The molecule has 2 amide bonds. The summed E-state index contributed by atoms with van der Waals surface area (Å²) in [5.74, 6) is 0.308. The van der Waals surface area contributed by atoms with Gasteiger partial charge in [-0.05, 0) is 51.0 Å². The van der Waals surface area contributed by atoms with Gasteiger partial charge in [-0.25, -0.2) is 0 Å². The van der Waals surface area contributed by atoms with Crippen molar-refractivity contribution in [1.29, 1.82) is 0 Å². The highest BCUT2D eigenvalue weighted by Crippen LogP contribution is 2.29. The van der Waals surface area contributed by atoms with E-state index in [1.54, 1.807) is 0 Å². The van der Waals surface area contributed by atoms with Crippen LogP contribution in [0.3, 0.4) is 0 Å². The minimum Gasteiger partial charge on any atom is -0.376 e. The van der Waals surface area contributed by atoms with Crippen molar-refractivity contribution in [3.05, 3.63) is 35.4 Å². The second-order valence-corrected chi connectivity index (χ2v) is 7.64. The van der Waals surface area contributed by atoms with E-state index in [-0.39, 0.29) is 29.8 Å². The highest BCUT2D eigenvalue weighted by atomic mass is 16.5. The Hall–Kier alpha value is -1.88. The predicted octanol–water partition coefficient (Wildman–Crippen LogP) is 2.71. The van der Waals surface area contributed by atoms with Gasteiger partial charge in [0.05, 0.1) is 6.10 Å². The summed E-state index contributed by atoms with van der Waals surface area (Å²) in [4.78, 5) is 24.7. The molecule has 1 heterocycles. The zero-order chi connectivity index (χ0) is 18.4. The van der Waals surface area contributed by atoms with Crippen molar-refractivity contribution in [2.75, 3.05) is 13.2 Å². The van der Waals surface area contributed by atoms with E-state index in [0.29, 0.717) is 13.1 Å². The van der Waals surface area contributed by atoms with E-state index in [2.05, 4.69) is 29.7 Å². The minimum atomic E-state index is 0.0297. The molecule has 1 aromatic carbocycles. The van der Waals surface area contributed by atoms with Crippen molar-refractivity contribution in [2.24, 2.45) is 11.8 Å². The lowest BCUT2D eigenvalue weighted by Gasteiger charge is -2.27. The number of amides is 2. The van der Waals surface area contributed by atoms with Crippen molar-refractivity contribution in [2.45, 2.75) is 58.1 Å². The molecule has 1 saturated carbocycles. The molecule has 2 fully saturated rings. The predicted molar refractivity (Wildman–Crippen MR) is 100 cm³/mol. The van der Waals surface area contributed by atoms with Crippen LogP contribution < -0.4 is 10.6 Å². The lowest BCUT2D eigenvalue weighted by Crippen LogP contribution is -2.39. The Morgan fingerprint density at radius 1 is 1.04 bits per heavy atom. The Balaban J connectivity index is 1.37. The Kier molecular flexibility index (Phi) is 6.67. The van der Waals surface area contributed by atoms with Crippen LogP contribution in [0.5, 0.6) is 0 Å². The fourth-order valence-electron chi connectivity index (χ4n) is 3.94. The zero-order valence-electron chi connectivity index (χ0n) is 15.6. The standard InChI is InChI=1S/C21H30N2O3/c1-15-4-2-5-16(12-15)13-22-20(24)17-7-9-18(10-8-17)21(25)23-14-19-6-3-11-26-19/h2,4-5,12,17-19H,3,6-11,13-14H2,1H3,(H,22,24)(H,23,25). The van der Waals surface area contributed by atoms with Crippen molar-refractivity contribution in [3.63, 3.8) is 0 Å². The second-order valence-electron chi connectivity index (χ2n) is 7.64. The average molecular weight is 358 g/mol. The Morgan fingerprint density at radius 3 is 2.35 bits per heavy atom. The lowest BCUT2D eigenvalue weighted by molar-refractivity contribution is -0.130. The highest BCUT2D eigenvalue weighted by molar-refractivity contribution is 5.81. The molecule has 1 aliphatic carbocycles. The topological polar surface area (TPSA) is 67.4 Å². The molecular formula is C21H30N2O3. The van der Waals surface area contributed by atoms with Gasteiger partial charge in [0.1, 0.15) is 0 Å². The molecule has 5 nitrogen and oxygen atoms in total. The third kappa shape index (κ3) is 5.31. The van der Waals surface area contributed by atoms with Gasteiger partial charge in [0.2, 0.25) is 11.8 Å². The molecule has 26 heavy (non-hydrogen) atoms. The first kappa shape index (κ1) is 18.9. The number of ether oxygens (including phenoxy) is 1. The maximum absolute atomic E-state index is 12.4. The number of aryl methyl sites for hydroxylation is 1. The summed E-state index contributed by atoms with van der Waals surface area (Å²) in [6.07, 6.45) is 5.47.